The van der Waals surface area contributed by atoms with Gasteiger partial charge in [-0.05, 0) is 23.4 Å². The first-order valence-electron chi connectivity index (χ1n) is 5.81. The van der Waals surface area contributed by atoms with E-state index < -0.39 is 0 Å². The Kier molecular flexibility index (Phi) is 3.29. The van der Waals surface area contributed by atoms with Crippen LogP contribution >= 0.6 is 0 Å². The summed E-state index contributed by atoms with van der Waals surface area (Å²) >= 11 is 0. The molecule has 2 rings (SSSR count). The Hall–Kier alpha value is -2.02. The van der Waals surface area contributed by atoms with Crippen LogP contribution in [0.15, 0.2) is 43.0 Å². The Morgan fingerprint density at radius 1 is 1.29 bits per heavy atom. The van der Waals surface area contributed by atoms with Gasteiger partial charge < -0.3 is 5.11 Å². The van der Waals surface area contributed by atoms with Crippen molar-refractivity contribution in [2.45, 2.75) is 13.3 Å². The van der Waals surface area contributed by atoms with E-state index in [9.17, 15) is 5.11 Å². The normalized spacial score (nSPS) is 11.1. The topological polar surface area (TPSA) is 20.2 Å². The Bertz CT molecular complexity index is 579. The summed E-state index contributed by atoms with van der Waals surface area (Å²) in [6.07, 6.45) is 6.79. The van der Waals surface area contributed by atoms with Crippen LogP contribution in [0.25, 0.3) is 22.9 Å². The van der Waals surface area contributed by atoms with E-state index in [2.05, 4.69) is 25.6 Å². The van der Waals surface area contributed by atoms with E-state index in [4.69, 9.17) is 0 Å². The highest BCUT2D eigenvalue weighted by molar-refractivity contribution is 5.94. The molecule has 2 aromatic carbocycles. The van der Waals surface area contributed by atoms with Gasteiger partial charge in [-0.1, -0.05) is 56.0 Å². The largest absolute Gasteiger partial charge is 0.507 e. The van der Waals surface area contributed by atoms with Crippen LogP contribution in [0.2, 0.25) is 0 Å². The van der Waals surface area contributed by atoms with Gasteiger partial charge in [0.15, 0.2) is 0 Å². The molecule has 0 fully saturated rings. The van der Waals surface area contributed by atoms with Crippen LogP contribution in [0.4, 0.5) is 0 Å². The number of hydrogen-bond acceptors (Lipinski definition) is 1. The van der Waals surface area contributed by atoms with Gasteiger partial charge in [-0.3, -0.25) is 0 Å². The summed E-state index contributed by atoms with van der Waals surface area (Å²) in [5.74, 6) is 0.314. The van der Waals surface area contributed by atoms with Crippen LogP contribution in [-0.4, -0.2) is 5.11 Å². The van der Waals surface area contributed by atoms with Crippen LogP contribution in [0, 0.1) is 0 Å². The number of benzene rings is 2. The van der Waals surface area contributed by atoms with E-state index in [1.165, 1.54) is 0 Å². The average Bonchev–Trinajstić information content (AvgIpc) is 2.36. The van der Waals surface area contributed by atoms with Gasteiger partial charge >= 0.3 is 0 Å². The fourth-order valence-electron chi connectivity index (χ4n) is 1.96. The number of phenolic OH excluding ortho intramolecular Hbond substituents is 1. The molecule has 0 bridgehead atoms. The van der Waals surface area contributed by atoms with Crippen molar-refractivity contribution in [2.75, 3.05) is 0 Å². The summed E-state index contributed by atoms with van der Waals surface area (Å²) in [6.45, 7) is 5.86. The lowest BCUT2D eigenvalue weighted by molar-refractivity contribution is 0.480. The summed E-state index contributed by atoms with van der Waals surface area (Å²) in [4.78, 5) is 0. The maximum absolute atomic E-state index is 10.2. The van der Waals surface area contributed by atoms with Gasteiger partial charge in [-0.25, -0.2) is 0 Å². The molecule has 0 aliphatic heterocycles. The van der Waals surface area contributed by atoms with Crippen molar-refractivity contribution in [1.82, 2.24) is 0 Å². The first-order valence-corrected chi connectivity index (χ1v) is 5.81. The van der Waals surface area contributed by atoms with E-state index in [0.717, 1.165) is 28.3 Å². The predicted octanol–water partition coefficient (Wildman–Crippen LogP) is 4.61. The molecular formula is C16H16O. The van der Waals surface area contributed by atoms with E-state index in [1.54, 1.807) is 6.08 Å². The highest BCUT2D eigenvalue weighted by Gasteiger charge is 2.07. The molecule has 0 heterocycles. The van der Waals surface area contributed by atoms with Crippen LogP contribution in [0.1, 0.15) is 24.5 Å². The molecule has 0 aromatic heterocycles. The lowest BCUT2D eigenvalue weighted by atomic mass is 9.99. The second-order valence-corrected chi connectivity index (χ2v) is 3.96. The van der Waals surface area contributed by atoms with E-state index >= 15 is 0 Å². The smallest absolute Gasteiger partial charge is 0.131 e. The predicted molar refractivity (Wildman–Crippen MR) is 75.0 cm³/mol. The zero-order valence-corrected chi connectivity index (χ0v) is 9.98. The zero-order chi connectivity index (χ0) is 12.3. The highest BCUT2D eigenvalue weighted by atomic mass is 16.3. The molecule has 0 saturated carbocycles. The van der Waals surface area contributed by atoms with Gasteiger partial charge in [0, 0.05) is 10.9 Å². The van der Waals surface area contributed by atoms with Crippen molar-refractivity contribution in [3.05, 3.63) is 54.1 Å². The molecule has 0 radical (unpaired) electrons. The van der Waals surface area contributed by atoms with Gasteiger partial charge in [-0.2, -0.15) is 0 Å². The number of hydrogen-bond donors (Lipinski definition) is 1. The maximum Gasteiger partial charge on any atom is 0.131 e. The SMILES string of the molecule is C=Cc1c(C=CCC)cc2ccccc2c1O. The maximum atomic E-state index is 10.2. The summed E-state index contributed by atoms with van der Waals surface area (Å²) < 4.78 is 0. The number of phenols is 1. The summed E-state index contributed by atoms with van der Waals surface area (Å²) in [5, 5.41) is 12.1. The van der Waals surface area contributed by atoms with Gasteiger partial charge in [0.2, 0.25) is 0 Å². The standard InChI is InChI=1S/C16H16O/c1-3-5-8-12-11-13-9-6-7-10-15(13)16(17)14(12)4-2/h4-11,17H,2-3H2,1H3. The zero-order valence-electron chi connectivity index (χ0n) is 9.98. The van der Waals surface area contributed by atoms with Gasteiger partial charge in [0.1, 0.15) is 5.75 Å². The Morgan fingerprint density at radius 2 is 2.06 bits per heavy atom. The van der Waals surface area contributed by atoms with E-state index in [0.29, 0.717) is 5.75 Å². The molecule has 1 N–H and O–H groups in total. The summed E-state index contributed by atoms with van der Waals surface area (Å²) in [5.41, 5.74) is 1.81. The molecule has 0 aliphatic rings. The minimum Gasteiger partial charge on any atom is -0.507 e. The summed E-state index contributed by atoms with van der Waals surface area (Å²) in [6, 6.07) is 9.91. The monoisotopic (exact) mass is 224 g/mol. The third-order valence-electron chi connectivity index (χ3n) is 2.83. The molecule has 0 atom stereocenters. The number of allylic oxidation sites excluding steroid dienone is 1. The Labute approximate surface area is 102 Å². The van der Waals surface area contributed by atoms with Crippen molar-refractivity contribution in [3.8, 4) is 5.75 Å². The average molecular weight is 224 g/mol. The Balaban J connectivity index is 2.75. The lowest BCUT2D eigenvalue weighted by Gasteiger charge is -2.08. The Morgan fingerprint density at radius 3 is 2.76 bits per heavy atom. The molecule has 1 heteroatoms. The minimum absolute atomic E-state index is 0.314. The molecule has 1 nitrogen and oxygen atoms in total. The van der Waals surface area contributed by atoms with E-state index in [-0.39, 0.29) is 0 Å². The second-order valence-electron chi connectivity index (χ2n) is 3.96. The third kappa shape index (κ3) is 2.09. The molecular weight excluding hydrogens is 208 g/mol. The quantitative estimate of drug-likeness (QED) is 0.807. The van der Waals surface area contributed by atoms with Crippen molar-refractivity contribution in [3.63, 3.8) is 0 Å². The molecule has 86 valence electrons. The fourth-order valence-corrected chi connectivity index (χ4v) is 1.96. The van der Waals surface area contributed by atoms with Crippen LogP contribution < -0.4 is 0 Å². The molecule has 0 unspecified atom stereocenters. The van der Waals surface area contributed by atoms with Crippen molar-refractivity contribution in [2.24, 2.45) is 0 Å². The molecule has 0 saturated heterocycles. The fraction of sp³-hybridized carbons (Fsp3) is 0.125. The molecule has 2 aromatic rings. The summed E-state index contributed by atoms with van der Waals surface area (Å²) in [7, 11) is 0. The molecule has 0 aliphatic carbocycles. The first kappa shape index (κ1) is 11.5. The number of fused-ring (bicyclic) bond motifs is 1. The van der Waals surface area contributed by atoms with Gasteiger partial charge in [0.05, 0.1) is 0 Å². The van der Waals surface area contributed by atoms with Gasteiger partial charge in [-0.15, -0.1) is 0 Å². The highest BCUT2D eigenvalue weighted by Crippen LogP contribution is 2.33. The molecule has 17 heavy (non-hydrogen) atoms. The van der Waals surface area contributed by atoms with Crippen LogP contribution in [0.5, 0.6) is 5.75 Å². The van der Waals surface area contributed by atoms with Gasteiger partial charge in [0.25, 0.3) is 0 Å². The number of aromatic hydroxyl groups is 1. The second kappa shape index (κ2) is 4.88. The molecule has 0 amide bonds. The third-order valence-corrected chi connectivity index (χ3v) is 2.83. The van der Waals surface area contributed by atoms with Crippen molar-refractivity contribution in [1.29, 1.82) is 0 Å². The minimum atomic E-state index is 0.314. The van der Waals surface area contributed by atoms with Crippen LogP contribution in [-0.2, 0) is 0 Å². The lowest BCUT2D eigenvalue weighted by Crippen LogP contribution is -1.85. The van der Waals surface area contributed by atoms with Crippen molar-refractivity contribution >= 4 is 22.9 Å². The van der Waals surface area contributed by atoms with E-state index in [1.807, 2.05) is 30.3 Å². The first-order chi connectivity index (χ1) is 8.27. The van der Waals surface area contributed by atoms with Crippen molar-refractivity contribution < 1.29 is 5.11 Å². The van der Waals surface area contributed by atoms with Crippen LogP contribution in [0.3, 0.4) is 0 Å². The molecule has 0 spiro atoms. The number of rotatable bonds is 3.